The van der Waals surface area contributed by atoms with Gasteiger partial charge in [-0.3, -0.25) is 0 Å². The maximum absolute atomic E-state index is 9.99. The molecule has 100 valence electrons. The van der Waals surface area contributed by atoms with Gasteiger partial charge in [-0.25, -0.2) is 0 Å². The molecule has 2 heterocycles. The number of hydrogen-bond acceptors (Lipinski definition) is 4. The zero-order valence-corrected chi connectivity index (χ0v) is 12.2. The lowest BCUT2D eigenvalue weighted by Crippen LogP contribution is -2.28. The Morgan fingerprint density at radius 1 is 1.32 bits per heavy atom. The van der Waals surface area contributed by atoms with E-state index in [1.807, 2.05) is 28.6 Å². The first kappa shape index (κ1) is 13.2. The van der Waals surface area contributed by atoms with Gasteiger partial charge in [0.1, 0.15) is 0 Å². The summed E-state index contributed by atoms with van der Waals surface area (Å²) in [5.41, 5.74) is 2.47. The van der Waals surface area contributed by atoms with Crippen molar-refractivity contribution in [2.45, 2.75) is 22.7 Å². The monoisotopic (exact) mass is 291 g/mol. The predicted molar refractivity (Wildman–Crippen MR) is 81.9 cm³/mol. The van der Waals surface area contributed by atoms with Crippen LogP contribution >= 0.6 is 23.1 Å². The lowest BCUT2D eigenvalue weighted by molar-refractivity contribution is 0.175. The van der Waals surface area contributed by atoms with Gasteiger partial charge >= 0.3 is 0 Å². The summed E-state index contributed by atoms with van der Waals surface area (Å²) in [7, 11) is 0. The Morgan fingerprint density at radius 2 is 2.21 bits per heavy atom. The first-order chi connectivity index (χ1) is 9.33. The molecule has 0 aliphatic carbocycles. The summed E-state index contributed by atoms with van der Waals surface area (Å²) in [4.78, 5) is 1.41. The van der Waals surface area contributed by atoms with Crippen molar-refractivity contribution in [3.63, 3.8) is 0 Å². The quantitative estimate of drug-likeness (QED) is 0.888. The summed E-state index contributed by atoms with van der Waals surface area (Å²) in [5, 5.41) is 18.0. The zero-order valence-electron chi connectivity index (χ0n) is 10.6. The molecule has 2 N–H and O–H groups in total. The molecular formula is C15H17NOS2. The van der Waals surface area contributed by atoms with Gasteiger partial charge in [-0.15, -0.1) is 11.8 Å². The average Bonchev–Trinajstić information content (AvgIpc) is 3.07. The Morgan fingerprint density at radius 3 is 3.00 bits per heavy atom. The van der Waals surface area contributed by atoms with Crippen molar-refractivity contribution in [1.29, 1.82) is 0 Å². The number of thiophene rings is 1. The van der Waals surface area contributed by atoms with E-state index in [1.54, 1.807) is 11.3 Å². The van der Waals surface area contributed by atoms with Gasteiger partial charge in [0, 0.05) is 23.2 Å². The molecule has 2 aromatic rings. The first-order valence-electron chi connectivity index (χ1n) is 6.48. The predicted octanol–water partition coefficient (Wildman–Crippen LogP) is 3.09. The van der Waals surface area contributed by atoms with E-state index in [0.29, 0.717) is 11.8 Å². The fourth-order valence-corrected chi connectivity index (χ4v) is 4.32. The molecule has 0 spiro atoms. The Labute approximate surface area is 121 Å². The minimum Gasteiger partial charge on any atom is -0.387 e. The van der Waals surface area contributed by atoms with Crippen LogP contribution in [0.15, 0.2) is 46.0 Å². The lowest BCUT2D eigenvalue weighted by atomic mass is 10.1. The van der Waals surface area contributed by atoms with E-state index in [-0.39, 0.29) is 6.10 Å². The van der Waals surface area contributed by atoms with Crippen LogP contribution in [0.5, 0.6) is 0 Å². The van der Waals surface area contributed by atoms with E-state index in [4.69, 9.17) is 0 Å². The van der Waals surface area contributed by atoms with Crippen molar-refractivity contribution in [2.24, 2.45) is 0 Å². The molecule has 1 aliphatic rings. The Bertz CT molecular complexity index is 502. The van der Waals surface area contributed by atoms with Gasteiger partial charge in [-0.2, -0.15) is 11.3 Å². The molecule has 1 aromatic carbocycles. The average molecular weight is 291 g/mol. The summed E-state index contributed by atoms with van der Waals surface area (Å²) in [6, 6.07) is 10.6. The molecular weight excluding hydrogens is 274 g/mol. The number of aliphatic hydroxyl groups excluding tert-OH is 1. The highest BCUT2D eigenvalue weighted by Crippen LogP contribution is 2.36. The van der Waals surface area contributed by atoms with Crippen molar-refractivity contribution in [3.8, 4) is 0 Å². The topological polar surface area (TPSA) is 32.3 Å². The van der Waals surface area contributed by atoms with Gasteiger partial charge in [0.05, 0.1) is 6.10 Å². The Hall–Kier alpha value is -0.810. The Balaban J connectivity index is 1.45. The molecule has 0 bridgehead atoms. The summed E-state index contributed by atoms with van der Waals surface area (Å²) in [6.07, 6.45) is 0.739. The molecule has 1 aromatic heterocycles. The van der Waals surface area contributed by atoms with E-state index >= 15 is 0 Å². The lowest BCUT2D eigenvalue weighted by Gasteiger charge is -2.13. The van der Waals surface area contributed by atoms with Gasteiger partial charge in [0.15, 0.2) is 0 Å². The van der Waals surface area contributed by atoms with Crippen molar-refractivity contribution in [1.82, 2.24) is 5.32 Å². The van der Waals surface area contributed by atoms with E-state index in [1.165, 1.54) is 10.5 Å². The number of nitrogens with one attached hydrogen (secondary N) is 1. The second-order valence-corrected chi connectivity index (χ2v) is 6.90. The zero-order chi connectivity index (χ0) is 13.1. The van der Waals surface area contributed by atoms with E-state index < -0.39 is 0 Å². The van der Waals surface area contributed by atoms with Crippen molar-refractivity contribution >= 4 is 23.1 Å². The number of fused-ring (bicyclic) bond motifs is 1. The minimum absolute atomic E-state index is 0.389. The van der Waals surface area contributed by atoms with Crippen LogP contribution in [-0.2, 0) is 6.42 Å². The SMILES string of the molecule is OC(CNCC1Cc2ccccc2S1)c1ccsc1. The second kappa shape index (κ2) is 6.09. The van der Waals surface area contributed by atoms with Crippen LogP contribution in [0.2, 0.25) is 0 Å². The summed E-state index contributed by atoms with van der Waals surface area (Å²) >= 11 is 3.57. The molecule has 2 unspecified atom stereocenters. The Kier molecular flexibility index (Phi) is 4.23. The van der Waals surface area contributed by atoms with Gasteiger partial charge in [0.25, 0.3) is 0 Å². The second-order valence-electron chi connectivity index (χ2n) is 4.78. The largest absolute Gasteiger partial charge is 0.387 e. The third-order valence-electron chi connectivity index (χ3n) is 3.35. The van der Waals surface area contributed by atoms with E-state index in [9.17, 15) is 5.11 Å². The van der Waals surface area contributed by atoms with E-state index in [2.05, 4.69) is 29.6 Å². The van der Waals surface area contributed by atoms with Crippen LogP contribution in [0.4, 0.5) is 0 Å². The van der Waals surface area contributed by atoms with Crippen LogP contribution in [0.3, 0.4) is 0 Å². The highest BCUT2D eigenvalue weighted by Gasteiger charge is 2.21. The van der Waals surface area contributed by atoms with Crippen molar-refractivity contribution in [3.05, 3.63) is 52.2 Å². The molecule has 19 heavy (non-hydrogen) atoms. The molecule has 0 amide bonds. The third-order valence-corrected chi connectivity index (χ3v) is 5.37. The minimum atomic E-state index is -0.389. The van der Waals surface area contributed by atoms with Crippen LogP contribution in [-0.4, -0.2) is 23.4 Å². The third kappa shape index (κ3) is 3.20. The molecule has 2 atom stereocenters. The van der Waals surface area contributed by atoms with Gasteiger partial charge in [-0.1, -0.05) is 18.2 Å². The molecule has 0 saturated heterocycles. The number of hydrogen-bond donors (Lipinski definition) is 2. The number of benzene rings is 1. The van der Waals surface area contributed by atoms with E-state index in [0.717, 1.165) is 18.5 Å². The normalized spacial score (nSPS) is 19.3. The van der Waals surface area contributed by atoms with Crippen LogP contribution < -0.4 is 5.32 Å². The summed E-state index contributed by atoms with van der Waals surface area (Å²) in [5.74, 6) is 0. The van der Waals surface area contributed by atoms with Gasteiger partial charge < -0.3 is 10.4 Å². The summed E-state index contributed by atoms with van der Waals surface area (Å²) < 4.78 is 0. The smallest absolute Gasteiger partial charge is 0.0922 e. The van der Waals surface area contributed by atoms with Crippen LogP contribution in [0.25, 0.3) is 0 Å². The number of thioether (sulfide) groups is 1. The van der Waals surface area contributed by atoms with Gasteiger partial charge in [-0.05, 0) is 40.4 Å². The molecule has 1 aliphatic heterocycles. The fourth-order valence-electron chi connectivity index (χ4n) is 2.33. The highest BCUT2D eigenvalue weighted by atomic mass is 32.2. The van der Waals surface area contributed by atoms with Gasteiger partial charge in [0.2, 0.25) is 0 Å². The number of aliphatic hydroxyl groups is 1. The highest BCUT2D eigenvalue weighted by molar-refractivity contribution is 8.00. The molecule has 0 fully saturated rings. The maximum atomic E-state index is 9.99. The van der Waals surface area contributed by atoms with Crippen LogP contribution in [0.1, 0.15) is 17.2 Å². The standard InChI is InChI=1S/C15H17NOS2/c17-14(12-5-6-18-10-12)9-16-8-13-7-11-3-1-2-4-15(11)19-13/h1-6,10,13-14,16-17H,7-9H2. The first-order valence-corrected chi connectivity index (χ1v) is 8.30. The fraction of sp³-hybridized carbons (Fsp3) is 0.333. The van der Waals surface area contributed by atoms with Crippen molar-refractivity contribution in [2.75, 3.05) is 13.1 Å². The summed E-state index contributed by atoms with van der Waals surface area (Å²) in [6.45, 7) is 1.57. The van der Waals surface area contributed by atoms with Crippen LogP contribution in [0, 0.1) is 0 Å². The van der Waals surface area contributed by atoms with Crippen molar-refractivity contribution < 1.29 is 5.11 Å². The molecule has 3 rings (SSSR count). The molecule has 0 radical (unpaired) electrons. The molecule has 0 saturated carbocycles. The molecule has 2 nitrogen and oxygen atoms in total. The molecule has 4 heteroatoms. The maximum Gasteiger partial charge on any atom is 0.0922 e. The number of rotatable bonds is 5.